The first-order valence-electron chi connectivity index (χ1n) is 8.46. The summed E-state index contributed by atoms with van der Waals surface area (Å²) in [6.07, 6.45) is 2.03. The summed E-state index contributed by atoms with van der Waals surface area (Å²) in [5.74, 6) is 0.679. The van der Waals surface area contributed by atoms with Crippen molar-refractivity contribution in [2.75, 3.05) is 11.9 Å². The molecule has 0 unspecified atom stereocenters. The third-order valence-corrected chi connectivity index (χ3v) is 4.51. The Balaban J connectivity index is 1.67. The van der Waals surface area contributed by atoms with Crippen molar-refractivity contribution < 1.29 is 9.53 Å². The number of rotatable bonds is 4. The minimum absolute atomic E-state index is 0.140. The van der Waals surface area contributed by atoms with Crippen LogP contribution in [-0.2, 0) is 0 Å². The second-order valence-corrected chi connectivity index (χ2v) is 6.83. The molecule has 0 radical (unpaired) electrons. The van der Waals surface area contributed by atoms with Crippen molar-refractivity contribution in [3.63, 3.8) is 0 Å². The van der Waals surface area contributed by atoms with Crippen LogP contribution >= 0.6 is 11.6 Å². The van der Waals surface area contributed by atoms with Crippen LogP contribution in [0.25, 0.3) is 0 Å². The van der Waals surface area contributed by atoms with E-state index in [9.17, 15) is 4.79 Å². The van der Waals surface area contributed by atoms with Crippen LogP contribution in [0, 0.1) is 6.92 Å². The number of ether oxygens (including phenoxy) is 1. The normalized spacial score (nSPS) is 20.1. The first-order chi connectivity index (χ1) is 12.0. The summed E-state index contributed by atoms with van der Waals surface area (Å²) in [5.41, 5.74) is 1.43. The number of anilines is 1. The van der Waals surface area contributed by atoms with E-state index in [0.717, 1.165) is 24.9 Å². The van der Waals surface area contributed by atoms with Gasteiger partial charge in [-0.25, -0.2) is 0 Å². The van der Waals surface area contributed by atoms with Crippen molar-refractivity contribution in [1.82, 2.24) is 10.3 Å². The lowest BCUT2D eigenvalue weighted by atomic mass is 10.0. The summed E-state index contributed by atoms with van der Waals surface area (Å²) in [5, 5.41) is 6.60. The van der Waals surface area contributed by atoms with Crippen molar-refractivity contribution in [1.29, 1.82) is 0 Å². The topological polar surface area (TPSA) is 63.2 Å². The summed E-state index contributed by atoms with van der Waals surface area (Å²) in [6.45, 7) is 5.01. The number of carbonyl (C=O) groups excluding carboxylic acids is 1. The number of aryl methyl sites for hydroxylation is 1. The largest absolute Gasteiger partial charge is 0.474 e. The molecule has 3 rings (SSSR count). The molecule has 2 aromatic rings. The number of hydrogen-bond acceptors (Lipinski definition) is 4. The van der Waals surface area contributed by atoms with Crippen molar-refractivity contribution in [3.05, 3.63) is 52.5 Å². The molecule has 1 aromatic carbocycles. The van der Waals surface area contributed by atoms with Crippen LogP contribution in [0.15, 0.2) is 36.4 Å². The van der Waals surface area contributed by atoms with Gasteiger partial charge in [0.25, 0.3) is 5.91 Å². The number of aromatic nitrogens is 1. The minimum atomic E-state index is -0.287. The van der Waals surface area contributed by atoms with Crippen LogP contribution in [-0.4, -0.2) is 29.6 Å². The first kappa shape index (κ1) is 17.7. The summed E-state index contributed by atoms with van der Waals surface area (Å²) in [4.78, 5) is 16.8. The third-order valence-electron chi connectivity index (χ3n) is 4.20. The second-order valence-electron chi connectivity index (χ2n) is 6.42. The molecule has 132 valence electrons. The van der Waals surface area contributed by atoms with Gasteiger partial charge in [0.15, 0.2) is 0 Å². The Labute approximate surface area is 152 Å². The quantitative estimate of drug-likeness (QED) is 0.871. The zero-order chi connectivity index (χ0) is 17.8. The van der Waals surface area contributed by atoms with Gasteiger partial charge in [-0.15, -0.1) is 0 Å². The van der Waals surface area contributed by atoms with E-state index in [4.69, 9.17) is 16.3 Å². The molecule has 1 fully saturated rings. The molecule has 1 aromatic heterocycles. The zero-order valence-electron chi connectivity index (χ0n) is 14.4. The molecule has 1 aliphatic rings. The van der Waals surface area contributed by atoms with Gasteiger partial charge in [0.05, 0.1) is 10.6 Å². The van der Waals surface area contributed by atoms with Gasteiger partial charge in [0, 0.05) is 12.1 Å². The van der Waals surface area contributed by atoms with Crippen LogP contribution in [0.2, 0.25) is 5.02 Å². The number of hydrogen-bond donors (Lipinski definition) is 2. The van der Waals surface area contributed by atoms with E-state index in [1.807, 2.05) is 19.1 Å². The average Bonchev–Trinajstić information content (AvgIpc) is 2.55. The highest BCUT2D eigenvalue weighted by Gasteiger charge is 2.20. The van der Waals surface area contributed by atoms with Crippen molar-refractivity contribution in [2.45, 2.75) is 38.8 Å². The molecule has 2 atom stereocenters. The first-order valence-corrected chi connectivity index (χ1v) is 8.83. The molecule has 2 N–H and O–H groups in total. The van der Waals surface area contributed by atoms with Gasteiger partial charge in [-0.05, 0) is 57.0 Å². The maximum Gasteiger partial charge on any atom is 0.258 e. The molecule has 0 aliphatic carbocycles. The SMILES string of the molecule is Cc1ccc(C(=O)Nc2cccc(O[C@H]3CCN[C@H](C)C3)n2)c(Cl)c1. The van der Waals surface area contributed by atoms with E-state index in [2.05, 4.69) is 22.5 Å². The Morgan fingerprint density at radius 1 is 1.36 bits per heavy atom. The maximum atomic E-state index is 12.4. The summed E-state index contributed by atoms with van der Waals surface area (Å²) in [7, 11) is 0. The van der Waals surface area contributed by atoms with Crippen LogP contribution in [0.1, 0.15) is 35.7 Å². The number of benzene rings is 1. The van der Waals surface area contributed by atoms with Crippen LogP contribution in [0.5, 0.6) is 5.88 Å². The predicted molar refractivity (Wildman–Crippen MR) is 99.5 cm³/mol. The Kier molecular flexibility index (Phi) is 5.56. The molecule has 1 aliphatic heterocycles. The Bertz CT molecular complexity index is 766. The van der Waals surface area contributed by atoms with Gasteiger partial charge in [-0.1, -0.05) is 23.7 Å². The van der Waals surface area contributed by atoms with Crippen LogP contribution in [0.3, 0.4) is 0 Å². The highest BCUT2D eigenvalue weighted by Crippen LogP contribution is 2.21. The molecule has 1 saturated heterocycles. The third kappa shape index (κ3) is 4.71. The zero-order valence-corrected chi connectivity index (χ0v) is 15.1. The fourth-order valence-corrected chi connectivity index (χ4v) is 3.22. The van der Waals surface area contributed by atoms with E-state index < -0.39 is 0 Å². The van der Waals surface area contributed by atoms with Gasteiger partial charge in [0.1, 0.15) is 11.9 Å². The number of amides is 1. The lowest BCUT2D eigenvalue weighted by molar-refractivity contribution is 0.102. The van der Waals surface area contributed by atoms with E-state index >= 15 is 0 Å². The standard InChI is InChI=1S/C19H22ClN3O2/c1-12-6-7-15(16(20)10-12)19(24)23-17-4-3-5-18(22-17)25-14-8-9-21-13(2)11-14/h3-7,10,13-14,21H,8-9,11H2,1-2H3,(H,22,23,24)/t13-,14+/m1/s1. The summed E-state index contributed by atoms with van der Waals surface area (Å²) < 4.78 is 5.96. The van der Waals surface area contributed by atoms with E-state index in [-0.39, 0.29) is 12.0 Å². The molecule has 5 nitrogen and oxygen atoms in total. The molecular formula is C19H22ClN3O2. The lowest BCUT2D eigenvalue weighted by Crippen LogP contribution is -2.40. The van der Waals surface area contributed by atoms with Crippen molar-refractivity contribution in [3.8, 4) is 5.88 Å². The number of nitrogens with one attached hydrogen (secondary N) is 2. The van der Waals surface area contributed by atoms with Gasteiger partial charge in [0.2, 0.25) is 5.88 Å². The van der Waals surface area contributed by atoms with Crippen LogP contribution < -0.4 is 15.4 Å². The monoisotopic (exact) mass is 359 g/mol. The Hall–Kier alpha value is -2.11. The molecular weight excluding hydrogens is 338 g/mol. The van der Waals surface area contributed by atoms with Crippen LogP contribution in [0.4, 0.5) is 5.82 Å². The van der Waals surface area contributed by atoms with E-state index in [0.29, 0.717) is 28.3 Å². The highest BCUT2D eigenvalue weighted by atomic mass is 35.5. The highest BCUT2D eigenvalue weighted by molar-refractivity contribution is 6.34. The van der Waals surface area contributed by atoms with Gasteiger partial charge in [-0.2, -0.15) is 4.98 Å². The molecule has 0 spiro atoms. The van der Waals surface area contributed by atoms with Gasteiger partial charge in [-0.3, -0.25) is 4.79 Å². The number of nitrogens with zero attached hydrogens (tertiary/aromatic N) is 1. The summed E-state index contributed by atoms with van der Waals surface area (Å²) in [6, 6.07) is 11.1. The smallest absolute Gasteiger partial charge is 0.258 e. The predicted octanol–water partition coefficient (Wildman–Crippen LogP) is 3.82. The van der Waals surface area contributed by atoms with Gasteiger partial charge < -0.3 is 15.4 Å². The fraction of sp³-hybridized carbons (Fsp3) is 0.368. The average molecular weight is 360 g/mol. The van der Waals surface area contributed by atoms with Crippen molar-refractivity contribution >= 4 is 23.3 Å². The molecule has 2 heterocycles. The molecule has 0 saturated carbocycles. The molecule has 25 heavy (non-hydrogen) atoms. The number of pyridine rings is 1. The van der Waals surface area contributed by atoms with Crippen molar-refractivity contribution in [2.24, 2.45) is 0 Å². The maximum absolute atomic E-state index is 12.4. The molecule has 0 bridgehead atoms. The van der Waals surface area contributed by atoms with E-state index in [1.54, 1.807) is 24.3 Å². The van der Waals surface area contributed by atoms with Gasteiger partial charge >= 0.3 is 0 Å². The number of piperidine rings is 1. The molecule has 1 amide bonds. The summed E-state index contributed by atoms with van der Waals surface area (Å²) >= 11 is 6.15. The Morgan fingerprint density at radius 2 is 2.20 bits per heavy atom. The number of carbonyl (C=O) groups is 1. The Morgan fingerprint density at radius 3 is 2.96 bits per heavy atom. The number of halogens is 1. The minimum Gasteiger partial charge on any atom is -0.474 e. The van der Waals surface area contributed by atoms with E-state index in [1.165, 1.54) is 0 Å². The lowest BCUT2D eigenvalue weighted by Gasteiger charge is -2.28. The second kappa shape index (κ2) is 7.85. The fourth-order valence-electron chi connectivity index (χ4n) is 2.90. The molecule has 6 heteroatoms.